The highest BCUT2D eigenvalue weighted by Gasteiger charge is 2.60. The van der Waals surface area contributed by atoms with Gasteiger partial charge in [-0.15, -0.1) is 0 Å². The van der Waals surface area contributed by atoms with Gasteiger partial charge < -0.3 is 9.80 Å². The normalized spacial score (nSPS) is 24.4. The number of nitrogens with zero attached hydrogens (tertiary/aromatic N) is 2. The molecule has 1 amide bonds. The Balaban J connectivity index is 1.57. The number of carbonyl (C=O) groups excluding carboxylic acids is 1. The maximum absolute atomic E-state index is 15.0. The number of amides is 1. The molecule has 0 bridgehead atoms. The summed E-state index contributed by atoms with van der Waals surface area (Å²) in [5.74, 6) is -3.02. The molecule has 6 heteroatoms. The lowest BCUT2D eigenvalue weighted by Gasteiger charge is -2.46. The van der Waals surface area contributed by atoms with Crippen LogP contribution in [0.1, 0.15) is 23.2 Å². The van der Waals surface area contributed by atoms with Gasteiger partial charge in [-0.05, 0) is 36.8 Å². The van der Waals surface area contributed by atoms with Crippen molar-refractivity contribution in [3.63, 3.8) is 0 Å². The highest BCUT2D eigenvalue weighted by molar-refractivity contribution is 6.30. The predicted octanol–water partition coefficient (Wildman–Crippen LogP) is 4.72. The van der Waals surface area contributed by atoms with Crippen LogP contribution in [0.15, 0.2) is 54.6 Å². The Morgan fingerprint density at radius 2 is 1.74 bits per heavy atom. The largest absolute Gasteiger partial charge is 0.371 e. The lowest BCUT2D eigenvalue weighted by atomic mass is 9.75. The summed E-state index contributed by atoms with van der Waals surface area (Å²) in [5.41, 5.74) is 0.180. The number of para-hydroxylation sites is 1. The van der Waals surface area contributed by atoms with E-state index in [0.29, 0.717) is 23.6 Å². The molecule has 2 aromatic rings. The SMILES string of the molecule is O=C(c1cccc(Cl)c1)N1CCC(F)(F)C2(CCN(c3ccccc3)C2)C1. The van der Waals surface area contributed by atoms with Crippen molar-refractivity contribution in [2.75, 3.05) is 31.1 Å². The smallest absolute Gasteiger partial charge is 0.258 e. The summed E-state index contributed by atoms with van der Waals surface area (Å²) in [6.07, 6.45) is 0.0656. The number of halogens is 3. The molecule has 2 saturated heterocycles. The molecule has 3 nitrogen and oxygen atoms in total. The molecule has 2 aliphatic rings. The first kappa shape index (κ1) is 18.2. The van der Waals surface area contributed by atoms with Gasteiger partial charge in [0, 0.05) is 48.9 Å². The van der Waals surface area contributed by atoms with Crippen molar-refractivity contribution >= 4 is 23.2 Å². The molecule has 0 N–H and O–H groups in total. The lowest BCUT2D eigenvalue weighted by molar-refractivity contribution is -0.150. The molecule has 1 spiro atoms. The average Bonchev–Trinajstić information content (AvgIpc) is 3.10. The lowest BCUT2D eigenvalue weighted by Crippen LogP contribution is -2.58. The van der Waals surface area contributed by atoms with Crippen LogP contribution in [0.5, 0.6) is 0 Å². The number of likely N-dealkylation sites (tertiary alicyclic amines) is 1. The average molecular weight is 391 g/mol. The number of anilines is 1. The molecule has 2 fully saturated rings. The quantitative estimate of drug-likeness (QED) is 0.740. The maximum atomic E-state index is 15.0. The van der Waals surface area contributed by atoms with E-state index in [9.17, 15) is 13.6 Å². The summed E-state index contributed by atoms with van der Waals surface area (Å²) in [6, 6.07) is 16.3. The van der Waals surface area contributed by atoms with Crippen LogP contribution in [0, 0.1) is 5.41 Å². The number of carbonyl (C=O) groups is 1. The van der Waals surface area contributed by atoms with E-state index in [1.54, 1.807) is 29.2 Å². The summed E-state index contributed by atoms with van der Waals surface area (Å²) in [6.45, 7) is 0.947. The Labute approximate surface area is 162 Å². The molecule has 2 aromatic carbocycles. The van der Waals surface area contributed by atoms with Crippen molar-refractivity contribution in [3.05, 3.63) is 65.2 Å². The van der Waals surface area contributed by atoms with E-state index < -0.39 is 11.3 Å². The third-order valence-electron chi connectivity index (χ3n) is 5.80. The zero-order valence-electron chi connectivity index (χ0n) is 14.9. The second kappa shape index (κ2) is 6.79. The van der Waals surface area contributed by atoms with E-state index in [-0.39, 0.29) is 32.0 Å². The zero-order chi connectivity index (χ0) is 19.1. The fourth-order valence-corrected chi connectivity index (χ4v) is 4.43. The van der Waals surface area contributed by atoms with E-state index in [1.165, 1.54) is 0 Å². The number of hydrogen-bond acceptors (Lipinski definition) is 2. The Morgan fingerprint density at radius 3 is 2.48 bits per heavy atom. The van der Waals surface area contributed by atoms with Gasteiger partial charge in [0.2, 0.25) is 0 Å². The molecule has 0 radical (unpaired) electrons. The van der Waals surface area contributed by atoms with Crippen LogP contribution >= 0.6 is 11.6 Å². The van der Waals surface area contributed by atoms with Gasteiger partial charge >= 0.3 is 0 Å². The van der Waals surface area contributed by atoms with Gasteiger partial charge in [0.05, 0.1) is 5.41 Å². The van der Waals surface area contributed by atoms with Gasteiger partial charge in [0.25, 0.3) is 11.8 Å². The minimum atomic E-state index is -2.79. The van der Waals surface area contributed by atoms with Crippen LogP contribution < -0.4 is 4.90 Å². The van der Waals surface area contributed by atoms with Gasteiger partial charge in [-0.1, -0.05) is 35.9 Å². The van der Waals surface area contributed by atoms with Crippen LogP contribution in [-0.4, -0.2) is 42.9 Å². The van der Waals surface area contributed by atoms with Gasteiger partial charge in [-0.25, -0.2) is 8.78 Å². The first-order valence-electron chi connectivity index (χ1n) is 9.13. The molecule has 2 aliphatic heterocycles. The Kier molecular flexibility index (Phi) is 4.58. The summed E-state index contributed by atoms with van der Waals surface area (Å²) < 4.78 is 29.9. The molecular weight excluding hydrogens is 370 g/mol. The Hall–Kier alpha value is -2.14. The number of hydrogen-bond donors (Lipinski definition) is 0. The summed E-state index contributed by atoms with van der Waals surface area (Å²) >= 11 is 5.98. The fourth-order valence-electron chi connectivity index (χ4n) is 4.24. The van der Waals surface area contributed by atoms with Crippen molar-refractivity contribution in [2.45, 2.75) is 18.8 Å². The molecule has 142 valence electrons. The van der Waals surface area contributed by atoms with E-state index in [2.05, 4.69) is 0 Å². The number of benzene rings is 2. The first-order valence-corrected chi connectivity index (χ1v) is 9.51. The van der Waals surface area contributed by atoms with E-state index in [4.69, 9.17) is 11.6 Å². The summed E-state index contributed by atoms with van der Waals surface area (Å²) in [7, 11) is 0. The van der Waals surface area contributed by atoms with Crippen molar-refractivity contribution in [1.29, 1.82) is 0 Å². The highest BCUT2D eigenvalue weighted by Crippen LogP contribution is 2.50. The molecular formula is C21H21ClF2N2O. The van der Waals surface area contributed by atoms with Crippen molar-refractivity contribution in [1.82, 2.24) is 4.90 Å². The second-order valence-electron chi connectivity index (χ2n) is 7.48. The van der Waals surface area contributed by atoms with Gasteiger partial charge in [0.15, 0.2) is 0 Å². The van der Waals surface area contributed by atoms with Crippen LogP contribution in [0.3, 0.4) is 0 Å². The molecule has 0 saturated carbocycles. The Bertz CT molecular complexity index is 845. The van der Waals surface area contributed by atoms with Crippen molar-refractivity contribution in [3.8, 4) is 0 Å². The van der Waals surface area contributed by atoms with Crippen LogP contribution in [0.2, 0.25) is 5.02 Å². The second-order valence-corrected chi connectivity index (χ2v) is 7.92. The topological polar surface area (TPSA) is 23.6 Å². The first-order chi connectivity index (χ1) is 12.9. The molecule has 1 unspecified atom stereocenters. The molecule has 4 rings (SSSR count). The van der Waals surface area contributed by atoms with Crippen molar-refractivity contribution < 1.29 is 13.6 Å². The highest BCUT2D eigenvalue weighted by atomic mass is 35.5. The van der Waals surface area contributed by atoms with E-state index >= 15 is 0 Å². The number of piperidine rings is 1. The predicted molar refractivity (Wildman–Crippen MR) is 103 cm³/mol. The monoisotopic (exact) mass is 390 g/mol. The Morgan fingerprint density at radius 1 is 0.963 bits per heavy atom. The van der Waals surface area contributed by atoms with Gasteiger partial charge in [-0.3, -0.25) is 4.79 Å². The zero-order valence-corrected chi connectivity index (χ0v) is 15.6. The minimum absolute atomic E-state index is 0.0609. The van der Waals surface area contributed by atoms with E-state index in [1.807, 2.05) is 35.2 Å². The maximum Gasteiger partial charge on any atom is 0.258 e. The van der Waals surface area contributed by atoms with Gasteiger partial charge in [0.1, 0.15) is 0 Å². The third kappa shape index (κ3) is 3.29. The molecule has 0 aliphatic carbocycles. The minimum Gasteiger partial charge on any atom is -0.371 e. The molecule has 2 heterocycles. The summed E-state index contributed by atoms with van der Waals surface area (Å²) in [5, 5.41) is 0.467. The third-order valence-corrected chi connectivity index (χ3v) is 6.03. The number of alkyl halides is 2. The fraction of sp³-hybridized carbons (Fsp3) is 0.381. The molecule has 0 aromatic heterocycles. The van der Waals surface area contributed by atoms with Crippen LogP contribution in [-0.2, 0) is 0 Å². The molecule has 27 heavy (non-hydrogen) atoms. The van der Waals surface area contributed by atoms with Crippen molar-refractivity contribution in [2.24, 2.45) is 5.41 Å². The van der Waals surface area contributed by atoms with E-state index in [0.717, 1.165) is 5.69 Å². The summed E-state index contributed by atoms with van der Waals surface area (Å²) in [4.78, 5) is 16.4. The van der Waals surface area contributed by atoms with Crippen LogP contribution in [0.4, 0.5) is 14.5 Å². The van der Waals surface area contributed by atoms with Crippen LogP contribution in [0.25, 0.3) is 0 Å². The molecule has 1 atom stereocenters. The number of rotatable bonds is 2. The standard InChI is InChI=1S/C21H21ClF2N2O/c22-17-6-4-5-16(13-17)19(27)26-12-10-21(23,24)20(15-26)9-11-25(14-20)18-7-2-1-3-8-18/h1-8,13H,9-12,14-15H2. The van der Waals surface area contributed by atoms with Gasteiger partial charge in [-0.2, -0.15) is 0 Å².